The summed E-state index contributed by atoms with van der Waals surface area (Å²) in [6, 6.07) is 11.4. The van der Waals surface area contributed by atoms with Gasteiger partial charge in [-0.3, -0.25) is 0 Å². The Labute approximate surface area is 117 Å². The summed E-state index contributed by atoms with van der Waals surface area (Å²) in [5.74, 6) is -0.372. The first kappa shape index (κ1) is 13.3. The minimum atomic E-state index is -0.384. The predicted octanol–water partition coefficient (Wildman–Crippen LogP) is 4.10. The number of halogens is 2. The fourth-order valence-corrected chi connectivity index (χ4v) is 2.82. The van der Waals surface area contributed by atoms with Crippen molar-refractivity contribution in [2.75, 3.05) is 13.1 Å². The molecule has 1 atom stereocenters. The molecule has 104 valence electrons. The van der Waals surface area contributed by atoms with Gasteiger partial charge in [0.05, 0.1) is 0 Å². The molecule has 1 fully saturated rings. The average molecular weight is 273 g/mol. The lowest BCUT2D eigenvalue weighted by molar-refractivity contribution is 0.461. The van der Waals surface area contributed by atoms with Crippen LogP contribution in [0.4, 0.5) is 8.78 Å². The Kier molecular flexibility index (Phi) is 3.79. The lowest BCUT2D eigenvalue weighted by atomic mass is 9.89. The summed E-state index contributed by atoms with van der Waals surface area (Å²) < 4.78 is 27.9. The van der Waals surface area contributed by atoms with Crippen LogP contribution >= 0.6 is 0 Å². The molecular formula is C17H17F2N. The molecule has 1 N–H and O–H groups in total. The maximum atomic E-state index is 14.0. The SMILES string of the molecule is Fc1ccccc1-c1cc(C2CCCNC2)ccc1F. The Balaban J connectivity index is 2.00. The molecule has 2 aromatic carbocycles. The molecular weight excluding hydrogens is 256 g/mol. The van der Waals surface area contributed by atoms with Crippen molar-refractivity contribution >= 4 is 0 Å². The second-order valence-corrected chi connectivity index (χ2v) is 5.26. The third-order valence-corrected chi connectivity index (χ3v) is 3.92. The Morgan fingerprint density at radius 3 is 2.50 bits per heavy atom. The van der Waals surface area contributed by atoms with Crippen molar-refractivity contribution in [3.63, 3.8) is 0 Å². The van der Waals surface area contributed by atoms with Crippen LogP contribution in [0.2, 0.25) is 0 Å². The molecule has 0 aromatic heterocycles. The van der Waals surface area contributed by atoms with Crippen molar-refractivity contribution < 1.29 is 8.78 Å². The summed E-state index contributed by atoms with van der Waals surface area (Å²) in [5.41, 5.74) is 1.76. The summed E-state index contributed by atoms with van der Waals surface area (Å²) in [4.78, 5) is 0. The number of nitrogens with one attached hydrogen (secondary N) is 1. The molecule has 0 aliphatic carbocycles. The summed E-state index contributed by atoms with van der Waals surface area (Å²) in [6.07, 6.45) is 2.21. The van der Waals surface area contributed by atoms with E-state index < -0.39 is 0 Å². The van der Waals surface area contributed by atoms with Gasteiger partial charge in [0.1, 0.15) is 11.6 Å². The number of hydrogen-bond donors (Lipinski definition) is 1. The second kappa shape index (κ2) is 5.71. The molecule has 1 aliphatic heterocycles. The van der Waals surface area contributed by atoms with Crippen molar-refractivity contribution in [1.82, 2.24) is 5.32 Å². The monoisotopic (exact) mass is 273 g/mol. The molecule has 0 amide bonds. The summed E-state index contributed by atoms with van der Waals surface area (Å²) >= 11 is 0. The molecule has 20 heavy (non-hydrogen) atoms. The van der Waals surface area contributed by atoms with Gasteiger partial charge < -0.3 is 5.32 Å². The molecule has 3 heteroatoms. The minimum Gasteiger partial charge on any atom is -0.316 e. The Morgan fingerprint density at radius 1 is 0.950 bits per heavy atom. The molecule has 2 aromatic rings. The van der Waals surface area contributed by atoms with Crippen molar-refractivity contribution in [3.05, 3.63) is 59.7 Å². The fraction of sp³-hybridized carbons (Fsp3) is 0.294. The van der Waals surface area contributed by atoms with Crippen molar-refractivity contribution in [1.29, 1.82) is 0 Å². The third-order valence-electron chi connectivity index (χ3n) is 3.92. The molecule has 1 heterocycles. The van der Waals surface area contributed by atoms with Gasteiger partial charge in [0.15, 0.2) is 0 Å². The number of piperidine rings is 1. The standard InChI is InChI=1S/C17H17F2N/c18-16-6-2-1-5-14(16)15-10-12(7-8-17(15)19)13-4-3-9-20-11-13/h1-2,5-8,10,13,20H,3-4,9,11H2. The molecule has 0 spiro atoms. The molecule has 0 saturated carbocycles. The van der Waals surface area contributed by atoms with Crippen LogP contribution in [0.15, 0.2) is 42.5 Å². The molecule has 0 bridgehead atoms. The highest BCUT2D eigenvalue weighted by Crippen LogP contribution is 2.31. The van der Waals surface area contributed by atoms with Crippen LogP contribution in [-0.2, 0) is 0 Å². The van der Waals surface area contributed by atoms with E-state index in [4.69, 9.17) is 0 Å². The van der Waals surface area contributed by atoms with E-state index in [9.17, 15) is 8.78 Å². The van der Waals surface area contributed by atoms with Gasteiger partial charge in [0, 0.05) is 17.7 Å². The largest absolute Gasteiger partial charge is 0.316 e. The van der Waals surface area contributed by atoms with Gasteiger partial charge >= 0.3 is 0 Å². The van der Waals surface area contributed by atoms with E-state index in [-0.39, 0.29) is 11.6 Å². The maximum absolute atomic E-state index is 14.0. The number of hydrogen-bond acceptors (Lipinski definition) is 1. The van der Waals surface area contributed by atoms with Gasteiger partial charge in [-0.15, -0.1) is 0 Å². The van der Waals surface area contributed by atoms with Crippen LogP contribution < -0.4 is 5.32 Å². The molecule has 1 aliphatic rings. The van der Waals surface area contributed by atoms with Gasteiger partial charge in [0.25, 0.3) is 0 Å². The van der Waals surface area contributed by atoms with Gasteiger partial charge in [-0.2, -0.15) is 0 Å². The van der Waals surface area contributed by atoms with Gasteiger partial charge in [-0.1, -0.05) is 24.3 Å². The van der Waals surface area contributed by atoms with Crippen molar-refractivity contribution in [2.24, 2.45) is 0 Å². The highest BCUT2D eigenvalue weighted by atomic mass is 19.1. The molecule has 1 unspecified atom stereocenters. The molecule has 0 radical (unpaired) electrons. The van der Waals surface area contributed by atoms with Gasteiger partial charge in [-0.25, -0.2) is 8.78 Å². The lowest BCUT2D eigenvalue weighted by Crippen LogP contribution is -2.28. The van der Waals surface area contributed by atoms with Gasteiger partial charge in [-0.05, 0) is 49.1 Å². The quantitative estimate of drug-likeness (QED) is 0.868. The van der Waals surface area contributed by atoms with Crippen LogP contribution in [0.5, 0.6) is 0 Å². The van der Waals surface area contributed by atoms with E-state index in [2.05, 4.69) is 5.32 Å². The lowest BCUT2D eigenvalue weighted by Gasteiger charge is -2.23. The summed E-state index contributed by atoms with van der Waals surface area (Å²) in [7, 11) is 0. The fourth-order valence-electron chi connectivity index (χ4n) is 2.82. The average Bonchev–Trinajstić information content (AvgIpc) is 2.49. The van der Waals surface area contributed by atoms with Crippen molar-refractivity contribution in [2.45, 2.75) is 18.8 Å². The highest BCUT2D eigenvalue weighted by molar-refractivity contribution is 5.65. The Hall–Kier alpha value is -1.74. The zero-order chi connectivity index (χ0) is 13.9. The third kappa shape index (κ3) is 2.59. The summed E-state index contributed by atoms with van der Waals surface area (Å²) in [5, 5.41) is 3.35. The minimum absolute atomic E-state index is 0.329. The molecule has 1 nitrogen and oxygen atoms in total. The number of benzene rings is 2. The van der Waals surface area contributed by atoms with E-state index in [1.54, 1.807) is 24.3 Å². The van der Waals surface area contributed by atoms with Crippen LogP contribution in [0.25, 0.3) is 11.1 Å². The van der Waals surface area contributed by atoms with Crippen LogP contribution in [-0.4, -0.2) is 13.1 Å². The second-order valence-electron chi connectivity index (χ2n) is 5.26. The van der Waals surface area contributed by atoms with Crippen LogP contribution in [0.1, 0.15) is 24.3 Å². The highest BCUT2D eigenvalue weighted by Gasteiger charge is 2.18. The Bertz CT molecular complexity index is 604. The van der Waals surface area contributed by atoms with Gasteiger partial charge in [0.2, 0.25) is 0 Å². The topological polar surface area (TPSA) is 12.0 Å². The Morgan fingerprint density at radius 2 is 1.75 bits per heavy atom. The summed E-state index contributed by atoms with van der Waals surface area (Å²) in [6.45, 7) is 1.94. The first-order chi connectivity index (χ1) is 9.75. The molecule has 3 rings (SSSR count). The smallest absolute Gasteiger partial charge is 0.131 e. The number of rotatable bonds is 2. The van der Waals surface area contributed by atoms with Crippen LogP contribution in [0.3, 0.4) is 0 Å². The first-order valence-corrected chi connectivity index (χ1v) is 7.01. The van der Waals surface area contributed by atoms with E-state index in [1.165, 1.54) is 12.1 Å². The van der Waals surface area contributed by atoms with E-state index in [1.807, 2.05) is 6.07 Å². The molecule has 1 saturated heterocycles. The maximum Gasteiger partial charge on any atom is 0.131 e. The first-order valence-electron chi connectivity index (χ1n) is 7.01. The zero-order valence-corrected chi connectivity index (χ0v) is 11.2. The van der Waals surface area contributed by atoms with Crippen LogP contribution in [0, 0.1) is 11.6 Å². The van der Waals surface area contributed by atoms with Crippen molar-refractivity contribution in [3.8, 4) is 11.1 Å². The predicted molar refractivity (Wildman–Crippen MR) is 76.6 cm³/mol. The normalized spacial score (nSPS) is 19.0. The van der Waals surface area contributed by atoms with E-state index in [0.29, 0.717) is 17.0 Å². The van der Waals surface area contributed by atoms with E-state index in [0.717, 1.165) is 31.5 Å². The van der Waals surface area contributed by atoms with E-state index >= 15 is 0 Å². The zero-order valence-electron chi connectivity index (χ0n) is 11.2.